The molecule has 166 valence electrons. The van der Waals surface area contributed by atoms with Crippen LogP contribution in [-0.2, 0) is 25.5 Å². The maximum absolute atomic E-state index is 12.8. The van der Waals surface area contributed by atoms with Crippen molar-refractivity contribution in [2.24, 2.45) is 0 Å². The molecule has 2 heterocycles. The van der Waals surface area contributed by atoms with Gasteiger partial charge in [-0.25, -0.2) is 4.79 Å². The van der Waals surface area contributed by atoms with Crippen molar-refractivity contribution in [2.45, 2.75) is 32.4 Å². The molecule has 0 bridgehead atoms. The van der Waals surface area contributed by atoms with E-state index in [1.54, 1.807) is 24.4 Å². The molecule has 1 aromatic heterocycles. The van der Waals surface area contributed by atoms with Gasteiger partial charge in [-0.05, 0) is 30.7 Å². The largest absolute Gasteiger partial charge is 0.454 e. The summed E-state index contributed by atoms with van der Waals surface area (Å²) < 4.78 is 15.9. The molecule has 0 aliphatic carbocycles. The molecule has 9 heteroatoms. The van der Waals surface area contributed by atoms with Gasteiger partial charge in [0.2, 0.25) is 12.7 Å². The number of anilines is 1. The monoisotopic (exact) mass is 437 g/mol. The summed E-state index contributed by atoms with van der Waals surface area (Å²) in [6, 6.07) is 11.7. The van der Waals surface area contributed by atoms with Gasteiger partial charge in [0.05, 0.1) is 0 Å². The quantitative estimate of drug-likeness (QED) is 0.489. The Morgan fingerprint density at radius 3 is 2.72 bits per heavy atom. The van der Waals surface area contributed by atoms with Crippen molar-refractivity contribution in [2.75, 3.05) is 12.1 Å². The SMILES string of the molecule is CC(=O)N[C@@H](Cc1c[nH]c2ccccc12)C(=O)O[C@H](C)C(=O)Nc1ccc2c(c1)OCO2. The van der Waals surface area contributed by atoms with Crippen LogP contribution >= 0.6 is 0 Å². The second-order valence-electron chi connectivity index (χ2n) is 7.45. The molecule has 1 aliphatic heterocycles. The summed E-state index contributed by atoms with van der Waals surface area (Å²) >= 11 is 0. The van der Waals surface area contributed by atoms with E-state index in [-0.39, 0.29) is 19.1 Å². The van der Waals surface area contributed by atoms with Crippen LogP contribution in [0, 0.1) is 0 Å². The van der Waals surface area contributed by atoms with Crippen LogP contribution in [0.4, 0.5) is 5.69 Å². The van der Waals surface area contributed by atoms with Crippen LogP contribution < -0.4 is 20.1 Å². The molecule has 2 atom stereocenters. The normalized spacial score (nSPS) is 13.9. The number of H-pyrrole nitrogens is 1. The number of esters is 1. The Kier molecular flexibility index (Phi) is 5.98. The minimum Gasteiger partial charge on any atom is -0.454 e. The molecule has 2 aromatic carbocycles. The Balaban J connectivity index is 1.41. The van der Waals surface area contributed by atoms with Crippen molar-refractivity contribution in [1.82, 2.24) is 10.3 Å². The van der Waals surface area contributed by atoms with Gasteiger partial charge in [-0.2, -0.15) is 0 Å². The Bertz CT molecular complexity index is 1170. The first-order valence-corrected chi connectivity index (χ1v) is 10.1. The van der Waals surface area contributed by atoms with Crippen LogP contribution in [0.1, 0.15) is 19.4 Å². The van der Waals surface area contributed by atoms with Gasteiger partial charge >= 0.3 is 5.97 Å². The fraction of sp³-hybridized carbons (Fsp3) is 0.261. The molecule has 0 saturated heterocycles. The average molecular weight is 437 g/mol. The van der Waals surface area contributed by atoms with Gasteiger partial charge < -0.3 is 29.8 Å². The average Bonchev–Trinajstić information content (AvgIpc) is 3.39. The summed E-state index contributed by atoms with van der Waals surface area (Å²) in [5.74, 6) is -0.455. The number of rotatable bonds is 7. The lowest BCUT2D eigenvalue weighted by molar-refractivity contribution is -0.156. The van der Waals surface area contributed by atoms with E-state index in [1.807, 2.05) is 24.3 Å². The van der Waals surface area contributed by atoms with Crippen LogP contribution in [0.5, 0.6) is 11.5 Å². The highest BCUT2D eigenvalue weighted by atomic mass is 16.7. The Labute approximate surface area is 184 Å². The van der Waals surface area contributed by atoms with Gasteiger partial charge in [0, 0.05) is 42.2 Å². The molecule has 0 saturated carbocycles. The van der Waals surface area contributed by atoms with Crippen LogP contribution in [0.3, 0.4) is 0 Å². The molecule has 3 N–H and O–H groups in total. The third kappa shape index (κ3) is 4.66. The molecular weight excluding hydrogens is 414 g/mol. The van der Waals surface area contributed by atoms with Crippen LogP contribution in [0.2, 0.25) is 0 Å². The molecule has 0 spiro atoms. The lowest BCUT2D eigenvalue weighted by Gasteiger charge is -2.20. The zero-order chi connectivity index (χ0) is 22.7. The van der Waals surface area contributed by atoms with E-state index in [0.717, 1.165) is 16.5 Å². The van der Waals surface area contributed by atoms with Crippen LogP contribution in [-0.4, -0.2) is 41.7 Å². The molecule has 0 radical (unpaired) electrons. The van der Waals surface area contributed by atoms with E-state index in [1.165, 1.54) is 13.8 Å². The number of aromatic amines is 1. The second-order valence-corrected chi connectivity index (χ2v) is 7.45. The molecule has 32 heavy (non-hydrogen) atoms. The first kappa shape index (κ1) is 21.2. The lowest BCUT2D eigenvalue weighted by atomic mass is 10.0. The number of hydrogen-bond acceptors (Lipinski definition) is 6. The predicted molar refractivity (Wildman–Crippen MR) is 116 cm³/mol. The topological polar surface area (TPSA) is 119 Å². The van der Waals surface area contributed by atoms with Gasteiger partial charge in [0.1, 0.15) is 6.04 Å². The van der Waals surface area contributed by atoms with Gasteiger partial charge in [0.15, 0.2) is 17.6 Å². The van der Waals surface area contributed by atoms with Gasteiger partial charge in [-0.3, -0.25) is 9.59 Å². The lowest BCUT2D eigenvalue weighted by Crippen LogP contribution is -2.44. The summed E-state index contributed by atoms with van der Waals surface area (Å²) in [5.41, 5.74) is 2.27. The van der Waals surface area contributed by atoms with Crippen molar-refractivity contribution in [1.29, 1.82) is 0 Å². The van der Waals surface area contributed by atoms with Crippen molar-refractivity contribution < 1.29 is 28.6 Å². The standard InChI is InChI=1S/C23H23N3O6/c1-13(22(28)26-16-7-8-20-21(10-16)31-12-30-20)32-23(29)19(25-14(2)27)9-15-11-24-18-6-4-3-5-17(15)18/h3-8,10-11,13,19,24H,9,12H2,1-2H3,(H,25,27)(H,26,28)/t13-,19+/m1/s1. The highest BCUT2D eigenvalue weighted by Crippen LogP contribution is 2.34. The summed E-state index contributed by atoms with van der Waals surface area (Å²) in [6.45, 7) is 2.92. The van der Waals surface area contributed by atoms with Crippen molar-refractivity contribution in [3.63, 3.8) is 0 Å². The maximum Gasteiger partial charge on any atom is 0.329 e. The van der Waals surface area contributed by atoms with E-state index in [2.05, 4.69) is 15.6 Å². The van der Waals surface area contributed by atoms with Crippen LogP contribution in [0.25, 0.3) is 10.9 Å². The van der Waals surface area contributed by atoms with E-state index < -0.39 is 24.0 Å². The maximum atomic E-state index is 12.8. The number of benzene rings is 2. The predicted octanol–water partition coefficient (Wildman–Crippen LogP) is 2.51. The number of carbonyl (C=O) groups excluding carboxylic acids is 3. The zero-order valence-corrected chi connectivity index (χ0v) is 17.6. The highest BCUT2D eigenvalue weighted by Gasteiger charge is 2.27. The molecule has 0 fully saturated rings. The third-order valence-corrected chi connectivity index (χ3v) is 5.06. The minimum atomic E-state index is -1.08. The minimum absolute atomic E-state index is 0.127. The number of aromatic nitrogens is 1. The highest BCUT2D eigenvalue weighted by molar-refractivity contribution is 5.96. The van der Waals surface area contributed by atoms with Crippen molar-refractivity contribution in [3.8, 4) is 11.5 Å². The molecule has 0 unspecified atom stereocenters. The van der Waals surface area contributed by atoms with Gasteiger partial charge in [0.25, 0.3) is 5.91 Å². The van der Waals surface area contributed by atoms with Gasteiger partial charge in [-0.15, -0.1) is 0 Å². The number of carbonyl (C=O) groups is 3. The first-order chi connectivity index (χ1) is 15.4. The Morgan fingerprint density at radius 1 is 1.12 bits per heavy atom. The second kappa shape index (κ2) is 9.01. The summed E-state index contributed by atoms with van der Waals surface area (Å²) in [5, 5.41) is 6.25. The zero-order valence-electron chi connectivity index (χ0n) is 17.6. The summed E-state index contributed by atoms with van der Waals surface area (Å²) in [4.78, 5) is 40.1. The smallest absolute Gasteiger partial charge is 0.329 e. The fourth-order valence-electron chi connectivity index (χ4n) is 3.49. The number of amides is 2. The number of para-hydroxylation sites is 1. The summed E-state index contributed by atoms with van der Waals surface area (Å²) in [6.07, 6.45) is 0.939. The molecule has 2 amide bonds. The Morgan fingerprint density at radius 2 is 1.91 bits per heavy atom. The number of ether oxygens (including phenoxy) is 3. The van der Waals surface area contributed by atoms with E-state index in [4.69, 9.17) is 14.2 Å². The summed E-state index contributed by atoms with van der Waals surface area (Å²) in [7, 11) is 0. The molecule has 4 rings (SSSR count). The number of hydrogen-bond donors (Lipinski definition) is 3. The number of nitrogens with one attached hydrogen (secondary N) is 3. The van der Waals surface area contributed by atoms with Gasteiger partial charge in [-0.1, -0.05) is 18.2 Å². The van der Waals surface area contributed by atoms with Crippen LogP contribution in [0.15, 0.2) is 48.7 Å². The van der Waals surface area contributed by atoms with Crippen molar-refractivity contribution in [3.05, 3.63) is 54.2 Å². The first-order valence-electron chi connectivity index (χ1n) is 10.1. The number of fused-ring (bicyclic) bond motifs is 2. The molecular formula is C23H23N3O6. The molecule has 1 aliphatic rings. The Hall–Kier alpha value is -4.01. The molecule has 9 nitrogen and oxygen atoms in total. The third-order valence-electron chi connectivity index (χ3n) is 5.06. The molecule has 3 aromatic rings. The fourth-order valence-corrected chi connectivity index (χ4v) is 3.49. The van der Waals surface area contributed by atoms with E-state index in [9.17, 15) is 14.4 Å². The van der Waals surface area contributed by atoms with Crippen molar-refractivity contribution >= 4 is 34.4 Å². The van der Waals surface area contributed by atoms with E-state index >= 15 is 0 Å². The van der Waals surface area contributed by atoms with E-state index in [0.29, 0.717) is 17.2 Å².